The van der Waals surface area contributed by atoms with Crippen LogP contribution in [-0.4, -0.2) is 107 Å². The van der Waals surface area contributed by atoms with Gasteiger partial charge in [0.25, 0.3) is 0 Å². The van der Waals surface area contributed by atoms with Gasteiger partial charge in [-0.3, -0.25) is 9.13 Å². The first-order chi connectivity index (χ1) is 17.6. The number of ether oxygens (including phenoxy) is 2. The minimum atomic E-state index is -5.27. The zero-order valence-corrected chi connectivity index (χ0v) is 21.5. The van der Waals surface area contributed by atoms with Crippen LogP contribution >= 0.6 is 18.2 Å². The number of nitrogens with two attached hydrogens (primary N) is 1. The first kappa shape index (κ1) is 30.9. The second kappa shape index (κ2) is 11.8. The van der Waals surface area contributed by atoms with Crippen LogP contribution < -0.4 is 21.4 Å². The van der Waals surface area contributed by atoms with E-state index in [2.05, 4.69) is 4.98 Å². The molecule has 0 spiro atoms. The number of nitrogens with zero attached hydrogens (tertiary/aromatic N) is 2. The average molecular weight is 585 g/mol. The fourth-order valence-electron chi connectivity index (χ4n) is 4.08. The Morgan fingerprint density at radius 1 is 1.39 bits per heavy atom. The highest BCUT2D eigenvalue weighted by Gasteiger charge is 2.52. The molecule has 17 nitrogen and oxygen atoms in total. The Hall–Kier alpha value is -1.67. The summed E-state index contributed by atoms with van der Waals surface area (Å²) < 4.78 is 29.1. The van der Waals surface area contributed by atoms with Crippen LogP contribution in [0.4, 0.5) is 5.82 Å². The molecule has 1 aromatic rings. The van der Waals surface area contributed by atoms with Crippen molar-refractivity contribution >= 4 is 30.0 Å². The number of aromatic nitrogens is 2. The van der Waals surface area contributed by atoms with Crippen molar-refractivity contribution in [2.75, 3.05) is 18.9 Å². The lowest BCUT2D eigenvalue weighted by Gasteiger charge is -2.49. The Balaban J connectivity index is 1.74. The standard InChI is InChI=1S/C19H30N3O14PS/c1-7-8(24)4-19(17(29)30,36-15(7)12(26)9(25)5-23)38-37(32,33)34-6-10-13(27)14(28)16(35-10)22-3-2-11(20)21-18(22)31/h2-3,7-10,12-16,23-28H,4-6H2,1H3,(H,29,30)(H,32,33)(H2,20,21,31)/p-2/t7-,8-,9-,10-,12-,13+,14?,15?,16-,19?/m1/s1. The Bertz CT molecular complexity index is 1110. The monoisotopic (exact) mass is 585 g/mol. The fraction of sp³-hybridized carbons (Fsp3) is 0.737. The van der Waals surface area contributed by atoms with E-state index in [0.29, 0.717) is 0 Å². The number of hydrogen-bond donors (Lipinski definition) is 7. The number of aliphatic carboxylic acids is 1. The van der Waals surface area contributed by atoms with Crippen molar-refractivity contribution in [1.29, 1.82) is 0 Å². The minimum Gasteiger partial charge on any atom is -0.770 e. The maximum absolute atomic E-state index is 12.7. The molecule has 3 rings (SSSR count). The Labute approximate surface area is 218 Å². The Morgan fingerprint density at radius 3 is 2.63 bits per heavy atom. The van der Waals surface area contributed by atoms with Crippen LogP contribution in [0.15, 0.2) is 17.1 Å². The van der Waals surface area contributed by atoms with Crippen LogP contribution in [0.3, 0.4) is 0 Å². The summed E-state index contributed by atoms with van der Waals surface area (Å²) in [4.78, 5) is 37.4. The lowest BCUT2D eigenvalue weighted by Crippen LogP contribution is -2.61. The third-order valence-corrected chi connectivity index (χ3v) is 9.56. The van der Waals surface area contributed by atoms with Gasteiger partial charge < -0.3 is 65.2 Å². The van der Waals surface area contributed by atoms with Crippen molar-refractivity contribution in [2.24, 2.45) is 5.92 Å². The second-order valence-corrected chi connectivity index (χ2v) is 12.8. The topological polar surface area (TPSA) is 290 Å². The molecule has 0 amide bonds. The largest absolute Gasteiger partial charge is 0.770 e. The molecule has 38 heavy (non-hydrogen) atoms. The Kier molecular flexibility index (Phi) is 9.61. The first-order valence-electron chi connectivity index (χ1n) is 11.2. The minimum absolute atomic E-state index is 0.115. The average Bonchev–Trinajstić information content (AvgIpc) is 3.12. The number of aliphatic hydroxyl groups excluding tert-OH is 6. The van der Waals surface area contributed by atoms with Crippen molar-refractivity contribution in [2.45, 2.75) is 67.2 Å². The van der Waals surface area contributed by atoms with Gasteiger partial charge in [0.1, 0.15) is 36.3 Å². The van der Waals surface area contributed by atoms with Gasteiger partial charge in [0, 0.05) is 18.5 Å². The zero-order chi connectivity index (χ0) is 28.6. The third-order valence-electron chi connectivity index (χ3n) is 6.28. The van der Waals surface area contributed by atoms with E-state index < -0.39 is 97.9 Å². The number of carboxylic acid groups (broad SMARTS) is 1. The molecule has 11 atom stereocenters. The quantitative estimate of drug-likeness (QED) is 0.126. The van der Waals surface area contributed by atoms with Gasteiger partial charge in [0.2, 0.25) is 0 Å². The number of carbonyl (C=O) groups excluding carboxylic acids is 1. The molecule has 0 aromatic carbocycles. The van der Waals surface area contributed by atoms with E-state index in [-0.39, 0.29) is 17.2 Å². The van der Waals surface area contributed by atoms with Crippen LogP contribution in [0.5, 0.6) is 0 Å². The lowest BCUT2D eigenvalue weighted by atomic mass is 9.85. The molecule has 1 aromatic heterocycles. The van der Waals surface area contributed by atoms with Crippen LogP contribution in [0.1, 0.15) is 19.6 Å². The van der Waals surface area contributed by atoms with Crippen molar-refractivity contribution < 1.29 is 64.0 Å². The maximum Gasteiger partial charge on any atom is 0.351 e. The second-order valence-electron chi connectivity index (χ2n) is 8.92. The molecule has 19 heteroatoms. The molecule has 8 N–H and O–H groups in total. The number of hydrogen-bond acceptors (Lipinski definition) is 17. The molecule has 3 heterocycles. The van der Waals surface area contributed by atoms with Crippen LogP contribution in [0, 0.1) is 5.92 Å². The van der Waals surface area contributed by atoms with E-state index in [1.54, 1.807) is 0 Å². The fourth-order valence-corrected chi connectivity index (χ4v) is 7.30. The van der Waals surface area contributed by atoms with Gasteiger partial charge in [-0.05, 0) is 17.4 Å². The van der Waals surface area contributed by atoms with Crippen molar-refractivity contribution in [3.8, 4) is 0 Å². The summed E-state index contributed by atoms with van der Waals surface area (Å²) in [5.41, 5.74) is 4.49. The van der Waals surface area contributed by atoms with Gasteiger partial charge in [-0.25, -0.2) is 4.79 Å². The molecular weight excluding hydrogens is 557 g/mol. The molecule has 0 aliphatic carbocycles. The zero-order valence-electron chi connectivity index (χ0n) is 19.7. The van der Waals surface area contributed by atoms with E-state index in [1.807, 2.05) is 0 Å². The van der Waals surface area contributed by atoms with E-state index in [4.69, 9.17) is 24.8 Å². The molecule has 0 saturated carbocycles. The van der Waals surface area contributed by atoms with Gasteiger partial charge in [-0.2, -0.15) is 4.98 Å². The van der Waals surface area contributed by atoms with Crippen molar-refractivity contribution in [1.82, 2.24) is 9.55 Å². The van der Waals surface area contributed by atoms with Gasteiger partial charge in [-0.1, -0.05) is 6.92 Å². The number of anilines is 1. The molecule has 2 saturated heterocycles. The molecule has 2 fully saturated rings. The molecule has 4 unspecified atom stereocenters. The number of rotatable bonds is 10. The molecule has 216 valence electrons. The smallest absolute Gasteiger partial charge is 0.351 e. The number of carbonyl (C=O) groups is 1. The van der Waals surface area contributed by atoms with Crippen LogP contribution in [0.2, 0.25) is 0 Å². The third kappa shape index (κ3) is 6.38. The molecular formula is C19H28N3O14PS-2. The van der Waals surface area contributed by atoms with Gasteiger partial charge in [0.15, 0.2) is 18.0 Å². The summed E-state index contributed by atoms with van der Waals surface area (Å²) in [5, 5.41) is 72.0. The normalized spacial score (nSPS) is 36.9. The van der Waals surface area contributed by atoms with Crippen LogP contribution in [0.25, 0.3) is 0 Å². The summed E-state index contributed by atoms with van der Waals surface area (Å²) in [6.45, 7) is -5.80. The van der Waals surface area contributed by atoms with E-state index in [1.165, 1.54) is 13.0 Å². The first-order valence-corrected chi connectivity index (χ1v) is 14.2. The van der Waals surface area contributed by atoms with E-state index in [0.717, 1.165) is 10.8 Å². The SMILES string of the molecule is C[C@H]1C([C@H](O)[C@H](O)CO)OC(SP(=O)([O-])OC[C@H]2O[C@@H](n3ccc(N)nc3=O)C(O)[C@H]2O)(C(=O)[O-])C[C@H]1O. The van der Waals surface area contributed by atoms with Gasteiger partial charge in [0.05, 0.1) is 31.4 Å². The summed E-state index contributed by atoms with van der Waals surface area (Å²) in [6, 6.07) is 1.22. The summed E-state index contributed by atoms with van der Waals surface area (Å²) >= 11 is -0.389. The predicted octanol–water partition coefficient (Wildman–Crippen LogP) is -5.39. The van der Waals surface area contributed by atoms with E-state index >= 15 is 0 Å². The van der Waals surface area contributed by atoms with Crippen molar-refractivity contribution in [3.05, 3.63) is 22.7 Å². The highest BCUT2D eigenvalue weighted by molar-refractivity contribution is 8.55. The summed E-state index contributed by atoms with van der Waals surface area (Å²) in [5.74, 6) is -3.19. The highest BCUT2D eigenvalue weighted by atomic mass is 32.7. The Morgan fingerprint density at radius 2 is 2.05 bits per heavy atom. The number of nitrogen functional groups attached to an aromatic ring is 1. The lowest BCUT2D eigenvalue weighted by molar-refractivity contribution is -0.330. The summed E-state index contributed by atoms with van der Waals surface area (Å²) in [6.07, 6.45) is -13.0. The predicted molar refractivity (Wildman–Crippen MR) is 121 cm³/mol. The molecule has 0 bridgehead atoms. The van der Waals surface area contributed by atoms with Crippen molar-refractivity contribution in [3.63, 3.8) is 0 Å². The summed E-state index contributed by atoms with van der Waals surface area (Å²) in [7, 11) is 0. The van der Waals surface area contributed by atoms with Crippen LogP contribution in [-0.2, 0) is 23.4 Å². The molecule has 0 radical (unpaired) electrons. The van der Waals surface area contributed by atoms with Gasteiger partial charge >= 0.3 is 5.69 Å². The molecule has 2 aliphatic heterocycles. The highest BCUT2D eigenvalue weighted by Crippen LogP contribution is 2.61. The number of aliphatic hydroxyl groups is 6. The molecule has 2 aliphatic rings. The van der Waals surface area contributed by atoms with Gasteiger partial charge in [-0.15, -0.1) is 0 Å². The number of carboxylic acids is 1. The maximum atomic E-state index is 12.7. The van der Waals surface area contributed by atoms with E-state index in [9.17, 15) is 49.7 Å².